The van der Waals surface area contributed by atoms with Crippen LogP contribution >= 0.6 is 11.6 Å². The van der Waals surface area contributed by atoms with Gasteiger partial charge in [-0.25, -0.2) is 0 Å². The van der Waals surface area contributed by atoms with Crippen molar-refractivity contribution in [1.82, 2.24) is 5.32 Å². The Morgan fingerprint density at radius 3 is 2.44 bits per heavy atom. The lowest BCUT2D eigenvalue weighted by atomic mass is 10.1. The van der Waals surface area contributed by atoms with Crippen LogP contribution in [0.5, 0.6) is 0 Å². The van der Waals surface area contributed by atoms with Crippen molar-refractivity contribution in [2.24, 2.45) is 0 Å². The van der Waals surface area contributed by atoms with Gasteiger partial charge in [0.15, 0.2) is 0 Å². The smallest absolute Gasteiger partial charge is 0.224 e. The molecule has 0 atom stereocenters. The highest BCUT2D eigenvalue weighted by Gasteiger charge is 2.18. The Labute approximate surface area is 100 Å². The molecule has 4 heteroatoms. The van der Waals surface area contributed by atoms with Crippen molar-refractivity contribution < 1.29 is 9.90 Å². The second-order valence-electron chi connectivity index (χ2n) is 4.39. The Bertz CT molecular complexity index is 360. The van der Waals surface area contributed by atoms with Crippen LogP contribution in [0.4, 0.5) is 0 Å². The van der Waals surface area contributed by atoms with E-state index in [4.69, 9.17) is 16.7 Å². The quantitative estimate of drug-likeness (QED) is 0.844. The van der Waals surface area contributed by atoms with E-state index in [-0.39, 0.29) is 12.5 Å². The Morgan fingerprint density at radius 2 is 1.94 bits per heavy atom. The van der Waals surface area contributed by atoms with Crippen LogP contribution in [0, 0.1) is 0 Å². The number of halogens is 1. The molecule has 16 heavy (non-hydrogen) atoms. The van der Waals surface area contributed by atoms with Gasteiger partial charge in [0.25, 0.3) is 0 Å². The van der Waals surface area contributed by atoms with E-state index in [2.05, 4.69) is 5.32 Å². The van der Waals surface area contributed by atoms with E-state index in [0.717, 1.165) is 5.56 Å². The van der Waals surface area contributed by atoms with Gasteiger partial charge >= 0.3 is 0 Å². The zero-order valence-electron chi connectivity index (χ0n) is 9.46. The Balaban J connectivity index is 2.55. The second-order valence-corrected chi connectivity index (χ2v) is 4.83. The zero-order chi connectivity index (χ0) is 12.2. The molecule has 1 rings (SSSR count). The summed E-state index contributed by atoms with van der Waals surface area (Å²) in [6, 6.07) is 7.13. The van der Waals surface area contributed by atoms with E-state index in [0.29, 0.717) is 11.4 Å². The highest BCUT2D eigenvalue weighted by Crippen LogP contribution is 2.10. The average molecular weight is 242 g/mol. The third-order valence-electron chi connectivity index (χ3n) is 2.15. The van der Waals surface area contributed by atoms with Gasteiger partial charge in [-0.3, -0.25) is 4.79 Å². The van der Waals surface area contributed by atoms with E-state index >= 15 is 0 Å². The number of aliphatic hydroxyl groups excluding tert-OH is 1. The lowest BCUT2D eigenvalue weighted by Crippen LogP contribution is -2.46. The number of benzene rings is 1. The van der Waals surface area contributed by atoms with E-state index in [1.54, 1.807) is 26.0 Å². The van der Waals surface area contributed by atoms with Gasteiger partial charge in [-0.15, -0.1) is 0 Å². The largest absolute Gasteiger partial charge is 0.394 e. The minimum absolute atomic E-state index is 0.0840. The maximum atomic E-state index is 11.6. The van der Waals surface area contributed by atoms with Crippen molar-refractivity contribution >= 4 is 17.5 Å². The molecule has 0 saturated heterocycles. The predicted octanol–water partition coefficient (Wildman–Crippen LogP) is 1.77. The van der Waals surface area contributed by atoms with Gasteiger partial charge in [0.05, 0.1) is 18.6 Å². The summed E-state index contributed by atoms with van der Waals surface area (Å²) in [5.41, 5.74) is 0.319. The van der Waals surface area contributed by atoms with Crippen molar-refractivity contribution in [3.63, 3.8) is 0 Å². The molecule has 0 heterocycles. The van der Waals surface area contributed by atoms with Gasteiger partial charge in [0.2, 0.25) is 5.91 Å². The molecule has 3 nitrogen and oxygen atoms in total. The zero-order valence-corrected chi connectivity index (χ0v) is 10.2. The third kappa shape index (κ3) is 4.21. The highest BCUT2D eigenvalue weighted by atomic mass is 35.5. The molecule has 1 aromatic rings. The van der Waals surface area contributed by atoms with Crippen LogP contribution in [0.25, 0.3) is 0 Å². The fourth-order valence-corrected chi connectivity index (χ4v) is 1.37. The number of carbonyl (C=O) groups excluding carboxylic acids is 1. The topological polar surface area (TPSA) is 49.3 Å². The first-order valence-corrected chi connectivity index (χ1v) is 5.47. The molecule has 88 valence electrons. The highest BCUT2D eigenvalue weighted by molar-refractivity contribution is 6.30. The number of nitrogens with one attached hydrogen (secondary N) is 1. The number of amides is 1. The number of aliphatic hydroxyl groups is 1. The average Bonchev–Trinajstić information content (AvgIpc) is 2.21. The fraction of sp³-hybridized carbons (Fsp3) is 0.417. The summed E-state index contributed by atoms with van der Waals surface area (Å²) in [6.45, 7) is 3.46. The molecule has 0 radical (unpaired) electrons. The van der Waals surface area contributed by atoms with Crippen molar-refractivity contribution in [2.45, 2.75) is 25.8 Å². The maximum absolute atomic E-state index is 11.6. The molecule has 1 amide bonds. The van der Waals surface area contributed by atoms with Gasteiger partial charge in [0, 0.05) is 5.02 Å². The van der Waals surface area contributed by atoms with Crippen LogP contribution in [-0.4, -0.2) is 23.2 Å². The molecule has 0 fully saturated rings. The molecular formula is C12H16ClNO2. The van der Waals surface area contributed by atoms with E-state index < -0.39 is 5.54 Å². The lowest BCUT2D eigenvalue weighted by Gasteiger charge is -2.23. The summed E-state index contributed by atoms with van der Waals surface area (Å²) >= 11 is 5.74. The molecule has 0 bridgehead atoms. The van der Waals surface area contributed by atoms with Gasteiger partial charge in [-0.05, 0) is 31.5 Å². The molecule has 0 aromatic heterocycles. The summed E-state index contributed by atoms with van der Waals surface area (Å²) in [7, 11) is 0. The first-order valence-electron chi connectivity index (χ1n) is 5.09. The molecule has 0 saturated carbocycles. The minimum atomic E-state index is -0.580. The number of hydrogen-bond donors (Lipinski definition) is 2. The van der Waals surface area contributed by atoms with Crippen LogP contribution in [0.3, 0.4) is 0 Å². The van der Waals surface area contributed by atoms with Crippen LogP contribution in [0.2, 0.25) is 5.02 Å². The van der Waals surface area contributed by atoms with Crippen LogP contribution in [0.15, 0.2) is 24.3 Å². The monoisotopic (exact) mass is 241 g/mol. The van der Waals surface area contributed by atoms with E-state index in [9.17, 15) is 4.79 Å². The summed E-state index contributed by atoms with van der Waals surface area (Å²) in [5.74, 6) is -0.110. The van der Waals surface area contributed by atoms with Gasteiger partial charge in [0.1, 0.15) is 0 Å². The Hall–Kier alpha value is -1.06. The van der Waals surface area contributed by atoms with Crippen LogP contribution in [0.1, 0.15) is 19.4 Å². The van der Waals surface area contributed by atoms with Crippen LogP contribution < -0.4 is 5.32 Å². The summed E-state index contributed by atoms with van der Waals surface area (Å²) < 4.78 is 0. The normalized spacial score (nSPS) is 11.2. The van der Waals surface area contributed by atoms with Gasteiger partial charge < -0.3 is 10.4 Å². The molecule has 0 unspecified atom stereocenters. The van der Waals surface area contributed by atoms with Crippen molar-refractivity contribution in [3.05, 3.63) is 34.9 Å². The molecule has 1 aromatic carbocycles. The van der Waals surface area contributed by atoms with Crippen molar-refractivity contribution in [3.8, 4) is 0 Å². The third-order valence-corrected chi connectivity index (χ3v) is 2.40. The van der Waals surface area contributed by atoms with Crippen LogP contribution in [-0.2, 0) is 11.2 Å². The second kappa shape index (κ2) is 5.32. The lowest BCUT2D eigenvalue weighted by molar-refractivity contribution is -0.122. The fourth-order valence-electron chi connectivity index (χ4n) is 1.25. The predicted molar refractivity (Wildman–Crippen MR) is 64.5 cm³/mol. The Morgan fingerprint density at radius 1 is 1.38 bits per heavy atom. The minimum Gasteiger partial charge on any atom is -0.394 e. The van der Waals surface area contributed by atoms with Crippen molar-refractivity contribution in [2.75, 3.05) is 6.61 Å². The first-order chi connectivity index (χ1) is 7.43. The van der Waals surface area contributed by atoms with E-state index in [1.807, 2.05) is 12.1 Å². The molecule has 2 N–H and O–H groups in total. The standard InChI is InChI=1S/C12H16ClNO2/c1-12(2,8-15)14-11(16)7-9-3-5-10(13)6-4-9/h3-6,15H,7-8H2,1-2H3,(H,14,16). The maximum Gasteiger partial charge on any atom is 0.224 e. The van der Waals surface area contributed by atoms with Gasteiger partial charge in [-0.1, -0.05) is 23.7 Å². The Kier molecular flexibility index (Phi) is 4.33. The molecule has 0 aliphatic rings. The van der Waals surface area contributed by atoms with Gasteiger partial charge in [-0.2, -0.15) is 0 Å². The number of carbonyl (C=O) groups is 1. The van der Waals surface area contributed by atoms with Crippen molar-refractivity contribution in [1.29, 1.82) is 0 Å². The number of rotatable bonds is 4. The summed E-state index contributed by atoms with van der Waals surface area (Å²) in [6.07, 6.45) is 0.292. The summed E-state index contributed by atoms with van der Waals surface area (Å²) in [4.78, 5) is 11.6. The molecule has 0 aliphatic carbocycles. The molecule has 0 spiro atoms. The van der Waals surface area contributed by atoms with E-state index in [1.165, 1.54) is 0 Å². The first kappa shape index (κ1) is 13.0. The number of hydrogen-bond acceptors (Lipinski definition) is 2. The molecule has 0 aliphatic heterocycles. The molecular weight excluding hydrogens is 226 g/mol. The SMILES string of the molecule is CC(C)(CO)NC(=O)Cc1ccc(Cl)cc1. The summed E-state index contributed by atoms with van der Waals surface area (Å²) in [5, 5.41) is 12.4.